The van der Waals surface area contributed by atoms with Gasteiger partial charge < -0.3 is 37.4 Å². The maximum atomic E-state index is 13.6. The molecule has 2 spiro atoms. The van der Waals surface area contributed by atoms with Gasteiger partial charge in [0, 0.05) is 61.6 Å². The first-order valence-electron chi connectivity index (χ1n) is 21.2. The van der Waals surface area contributed by atoms with E-state index in [2.05, 4.69) is 36.6 Å². The molecule has 0 aromatic carbocycles. The van der Waals surface area contributed by atoms with Gasteiger partial charge in [-0.3, -0.25) is 37.9 Å². The van der Waals surface area contributed by atoms with E-state index >= 15 is 0 Å². The van der Waals surface area contributed by atoms with Crippen LogP contribution < -0.4 is 43.4 Å². The summed E-state index contributed by atoms with van der Waals surface area (Å²) in [7, 11) is 0. The average molecular weight is 849 g/mol. The quantitative estimate of drug-likeness (QED) is 0.106. The molecule has 2 saturated carbocycles. The Labute approximate surface area is 359 Å². The fraction of sp³-hybridized carbons (Fsp3) is 0.467. The number of carboxylic acid groups (broad SMARTS) is 1. The minimum atomic E-state index is -0.745. The molecule has 0 radical (unpaired) electrons. The van der Waals surface area contributed by atoms with E-state index in [9.17, 15) is 28.8 Å². The average Bonchev–Trinajstić information content (AvgIpc) is 3.70. The summed E-state index contributed by atoms with van der Waals surface area (Å²) in [6.07, 6.45) is 14.5. The topological polar surface area (TPSA) is 244 Å². The lowest BCUT2D eigenvalue weighted by Crippen LogP contribution is -2.49. The van der Waals surface area contributed by atoms with Crippen molar-refractivity contribution in [1.82, 2.24) is 29.7 Å². The summed E-state index contributed by atoms with van der Waals surface area (Å²) in [5, 5.41) is 23.3. The minimum Gasteiger partial charge on any atom is -0.481 e. The molecule has 0 atom stereocenters. The van der Waals surface area contributed by atoms with Crippen molar-refractivity contribution in [3.05, 3.63) is 90.0 Å². The number of fused-ring (bicyclic) bond motifs is 8. The SMILES string of the molecule is C.CCC(=O)Nc1cc2c(cn1)Cc1c(C)c3n(c(=O)c1N2)C1(CCCCC1)NC3=O.CCC(=O)O.Cc1c2c(c(=O)n3c1C(=O)NC31CCCCC1)Nc1cc(N)ncc1C2. The Kier molecular flexibility index (Phi) is 11.8. The number of aromatic nitrogens is 4. The highest BCUT2D eigenvalue weighted by Gasteiger charge is 2.48. The lowest BCUT2D eigenvalue weighted by Gasteiger charge is -2.36. The van der Waals surface area contributed by atoms with E-state index in [1.807, 2.05) is 13.8 Å². The van der Waals surface area contributed by atoms with Crippen LogP contribution in [0.15, 0.2) is 34.1 Å². The van der Waals surface area contributed by atoms with Gasteiger partial charge in [-0.2, -0.15) is 0 Å². The fourth-order valence-corrected chi connectivity index (χ4v) is 9.81. The van der Waals surface area contributed by atoms with Crippen LogP contribution in [0.4, 0.5) is 34.4 Å². The number of pyridine rings is 4. The molecule has 0 unspecified atom stereocenters. The van der Waals surface area contributed by atoms with E-state index in [1.165, 1.54) is 0 Å². The van der Waals surface area contributed by atoms with Gasteiger partial charge in [-0.15, -0.1) is 0 Å². The first-order valence-corrected chi connectivity index (χ1v) is 21.2. The molecule has 62 heavy (non-hydrogen) atoms. The number of nitrogens with one attached hydrogen (secondary N) is 5. The number of hydrogen-bond acceptors (Lipinski definition) is 11. The van der Waals surface area contributed by atoms with Crippen molar-refractivity contribution < 1.29 is 24.3 Å². The van der Waals surface area contributed by atoms with Crippen LogP contribution in [0.2, 0.25) is 0 Å². The molecule has 17 nitrogen and oxygen atoms in total. The Hall–Kier alpha value is -6.52. The highest BCUT2D eigenvalue weighted by Crippen LogP contribution is 2.43. The molecular weight excluding hydrogens is 793 g/mol. The molecule has 6 aliphatic rings. The second-order valence-corrected chi connectivity index (χ2v) is 16.8. The summed E-state index contributed by atoms with van der Waals surface area (Å²) >= 11 is 0. The number of carbonyl (C=O) groups is 4. The van der Waals surface area contributed by atoms with Crippen LogP contribution in [-0.2, 0) is 33.8 Å². The first kappa shape index (κ1) is 43.6. The van der Waals surface area contributed by atoms with Crippen molar-refractivity contribution in [2.24, 2.45) is 0 Å². The van der Waals surface area contributed by atoms with Gasteiger partial charge in [0.2, 0.25) is 5.91 Å². The van der Waals surface area contributed by atoms with Crippen LogP contribution in [0.3, 0.4) is 0 Å². The molecule has 4 aromatic rings. The molecule has 328 valence electrons. The second kappa shape index (κ2) is 16.7. The smallest absolute Gasteiger partial charge is 0.303 e. The predicted molar refractivity (Wildman–Crippen MR) is 237 cm³/mol. The maximum Gasteiger partial charge on any atom is 0.303 e. The van der Waals surface area contributed by atoms with Crippen LogP contribution in [0.25, 0.3) is 0 Å². The third-order valence-electron chi connectivity index (χ3n) is 13.0. The maximum absolute atomic E-state index is 13.6. The molecule has 0 bridgehead atoms. The molecule has 10 rings (SSSR count). The van der Waals surface area contributed by atoms with Gasteiger partial charge in [0.15, 0.2) is 0 Å². The highest BCUT2D eigenvalue weighted by molar-refractivity contribution is 5.99. The van der Waals surface area contributed by atoms with Gasteiger partial charge in [0.25, 0.3) is 22.9 Å². The molecule has 2 fully saturated rings. The van der Waals surface area contributed by atoms with Crippen LogP contribution >= 0.6 is 0 Å². The number of aliphatic carboxylic acids is 1. The van der Waals surface area contributed by atoms with Crippen LogP contribution in [0.1, 0.15) is 153 Å². The normalized spacial score (nSPS) is 17.5. The number of rotatable bonds is 3. The number of nitrogens with zero attached hydrogens (tertiary/aromatic N) is 4. The number of carbonyl (C=O) groups excluding carboxylic acids is 3. The van der Waals surface area contributed by atoms with Crippen LogP contribution in [-0.4, -0.2) is 47.9 Å². The number of amides is 3. The Balaban J connectivity index is 0.000000167. The molecule has 3 amide bonds. The monoisotopic (exact) mass is 848 g/mol. The summed E-state index contributed by atoms with van der Waals surface area (Å²) in [5.74, 6) is -0.281. The van der Waals surface area contributed by atoms with E-state index in [0.29, 0.717) is 53.7 Å². The predicted octanol–water partition coefficient (Wildman–Crippen LogP) is 6.17. The number of hydrogen-bond donors (Lipinski definition) is 7. The Morgan fingerprint density at radius 2 is 1.16 bits per heavy atom. The van der Waals surface area contributed by atoms with Gasteiger partial charge >= 0.3 is 5.97 Å². The zero-order chi connectivity index (χ0) is 43.4. The lowest BCUT2D eigenvalue weighted by atomic mass is 9.88. The standard InChI is InChI=1S/C22H25N5O3.C19H21N5O2.C3H6O2.CH4/c1-3-17(28)25-16-10-15-13(11-23-16)9-14-12(2)19-20(29)26-22(7-5-4-6-8-22)27(19)21(30)18(14)24-15;1-10-12-7-11-9-21-14(20)8-13(11)22-15(12)18(26)24-16(10)17(25)23-19(24)5-3-2-4-6-19;1-2-3(4)5;/h10-11,24H,3-9H2,1-2H3,(H,26,29)(H,23,25,28);8-9,22H,2-7H2,1H3,(H2,20,21)(H,23,25);2H2,1H3,(H,4,5);1H4. The van der Waals surface area contributed by atoms with Gasteiger partial charge in [-0.1, -0.05) is 34.1 Å². The molecule has 17 heteroatoms. The lowest BCUT2D eigenvalue weighted by molar-refractivity contribution is -0.136. The summed E-state index contributed by atoms with van der Waals surface area (Å²) in [5.41, 5.74) is 13.3. The molecular formula is C45H56N10O7. The van der Waals surface area contributed by atoms with Crippen molar-refractivity contribution in [3.8, 4) is 0 Å². The van der Waals surface area contributed by atoms with E-state index in [0.717, 1.165) is 109 Å². The molecule has 0 saturated heterocycles. The molecule has 8 heterocycles. The third kappa shape index (κ3) is 7.36. The molecule has 4 aliphatic heterocycles. The highest BCUT2D eigenvalue weighted by atomic mass is 16.4. The number of carboxylic acids is 1. The van der Waals surface area contributed by atoms with Gasteiger partial charge in [-0.25, -0.2) is 9.97 Å². The van der Waals surface area contributed by atoms with Crippen molar-refractivity contribution in [3.63, 3.8) is 0 Å². The second-order valence-electron chi connectivity index (χ2n) is 16.8. The minimum absolute atomic E-state index is 0. The van der Waals surface area contributed by atoms with E-state index in [4.69, 9.17) is 10.8 Å². The zero-order valence-electron chi connectivity index (χ0n) is 35.0. The fourth-order valence-electron chi connectivity index (χ4n) is 9.81. The molecule has 4 aromatic heterocycles. The molecule has 8 N–H and O–H groups in total. The van der Waals surface area contributed by atoms with Crippen LogP contribution in [0.5, 0.6) is 0 Å². The van der Waals surface area contributed by atoms with Gasteiger partial charge in [0.1, 0.15) is 45.7 Å². The summed E-state index contributed by atoms with van der Waals surface area (Å²) in [6.45, 7) is 7.23. The number of nitrogen functional groups attached to an aromatic ring is 1. The van der Waals surface area contributed by atoms with Crippen molar-refractivity contribution in [1.29, 1.82) is 0 Å². The van der Waals surface area contributed by atoms with E-state index < -0.39 is 17.3 Å². The van der Waals surface area contributed by atoms with Gasteiger partial charge in [0.05, 0.1) is 0 Å². The van der Waals surface area contributed by atoms with Crippen molar-refractivity contribution >= 4 is 58.1 Å². The largest absolute Gasteiger partial charge is 0.481 e. The van der Waals surface area contributed by atoms with Crippen molar-refractivity contribution in [2.75, 3.05) is 21.7 Å². The third-order valence-corrected chi connectivity index (χ3v) is 13.0. The summed E-state index contributed by atoms with van der Waals surface area (Å²) in [6, 6.07) is 3.52. The van der Waals surface area contributed by atoms with Crippen molar-refractivity contribution in [2.45, 2.75) is 136 Å². The van der Waals surface area contributed by atoms with Gasteiger partial charge in [-0.05, 0) is 98.6 Å². The summed E-state index contributed by atoms with van der Waals surface area (Å²) < 4.78 is 3.44. The zero-order valence-corrected chi connectivity index (χ0v) is 35.0. The number of anilines is 6. The van der Waals surface area contributed by atoms with E-state index in [-0.39, 0.29) is 42.7 Å². The Morgan fingerprint density at radius 3 is 1.60 bits per heavy atom. The van der Waals surface area contributed by atoms with Crippen LogP contribution in [0, 0.1) is 13.8 Å². The number of nitrogens with two attached hydrogens (primary N) is 1. The molecule has 2 aliphatic carbocycles. The Morgan fingerprint density at radius 1 is 0.726 bits per heavy atom. The first-order chi connectivity index (χ1) is 29.2. The Bertz CT molecular complexity index is 2640. The summed E-state index contributed by atoms with van der Waals surface area (Å²) in [4.78, 5) is 82.3. The van der Waals surface area contributed by atoms with E-state index in [1.54, 1.807) is 47.5 Å².